The maximum absolute atomic E-state index is 13.6. The molecule has 4 saturated carbocycles. The lowest BCUT2D eigenvalue weighted by molar-refractivity contribution is -0.170. The quantitative estimate of drug-likeness (QED) is 0.643. The van der Waals surface area contributed by atoms with E-state index < -0.39 is 0 Å². The van der Waals surface area contributed by atoms with Crippen molar-refractivity contribution in [2.24, 2.45) is 22.2 Å². The fourth-order valence-electron chi connectivity index (χ4n) is 7.55. The summed E-state index contributed by atoms with van der Waals surface area (Å²) >= 11 is 0. The molecule has 0 heterocycles. The first-order chi connectivity index (χ1) is 12.7. The molecule has 1 aromatic rings. The van der Waals surface area contributed by atoms with Gasteiger partial charge in [0.25, 0.3) is 0 Å². The molecule has 4 aliphatic carbocycles. The van der Waals surface area contributed by atoms with Gasteiger partial charge in [0.2, 0.25) is 5.91 Å². The van der Waals surface area contributed by atoms with Crippen LogP contribution in [0.1, 0.15) is 103 Å². The minimum atomic E-state index is -0.117. The van der Waals surface area contributed by atoms with Crippen molar-refractivity contribution in [2.75, 3.05) is 0 Å². The smallest absolute Gasteiger partial charge is 0.226 e. The van der Waals surface area contributed by atoms with Gasteiger partial charge in [-0.3, -0.25) is 4.79 Å². The Bertz CT molecular complexity index is 700. The fourth-order valence-corrected chi connectivity index (χ4v) is 7.55. The Balaban J connectivity index is 1.54. The Morgan fingerprint density at radius 1 is 1.00 bits per heavy atom. The summed E-state index contributed by atoms with van der Waals surface area (Å²) in [6, 6.07) is 9.01. The topological polar surface area (TPSA) is 29.1 Å². The molecule has 0 spiro atoms. The normalized spacial score (nSPS) is 38.2. The molecule has 0 radical (unpaired) electrons. The van der Waals surface area contributed by atoms with Crippen molar-refractivity contribution < 1.29 is 4.79 Å². The van der Waals surface area contributed by atoms with Gasteiger partial charge in [-0.25, -0.2) is 0 Å². The summed E-state index contributed by atoms with van der Waals surface area (Å²) in [4.78, 5) is 13.6. The van der Waals surface area contributed by atoms with Crippen molar-refractivity contribution in [3.63, 3.8) is 0 Å². The van der Waals surface area contributed by atoms with Crippen molar-refractivity contribution in [1.82, 2.24) is 5.32 Å². The van der Waals surface area contributed by atoms with Crippen LogP contribution in [0.3, 0.4) is 0 Å². The molecule has 0 aromatic heterocycles. The Morgan fingerprint density at radius 2 is 1.56 bits per heavy atom. The Labute approximate surface area is 165 Å². The van der Waals surface area contributed by atoms with E-state index in [-0.39, 0.29) is 11.5 Å². The van der Waals surface area contributed by atoms with Crippen molar-refractivity contribution in [1.29, 1.82) is 0 Å². The lowest BCUT2D eigenvalue weighted by Crippen LogP contribution is -2.60. The largest absolute Gasteiger partial charge is 0.349 e. The molecule has 27 heavy (non-hydrogen) atoms. The van der Waals surface area contributed by atoms with Crippen LogP contribution in [-0.2, 0) is 4.79 Å². The number of nitrogens with one attached hydrogen (secondary N) is 1. The number of rotatable bonds is 5. The van der Waals surface area contributed by atoms with Crippen LogP contribution in [0.25, 0.3) is 0 Å². The van der Waals surface area contributed by atoms with Crippen LogP contribution in [-0.4, -0.2) is 5.91 Å². The van der Waals surface area contributed by atoms with Gasteiger partial charge in [0.05, 0.1) is 11.5 Å². The molecule has 148 valence electrons. The third-order valence-electron chi connectivity index (χ3n) is 7.83. The highest BCUT2D eigenvalue weighted by atomic mass is 16.2. The predicted molar refractivity (Wildman–Crippen MR) is 112 cm³/mol. The molecule has 0 unspecified atom stereocenters. The standard InChI is InChI=1S/C25H37NO/c1-6-21(20-9-7-19(8-10-20)17(2)3)26-22(27)25-13-18-11-23(4,15-25)14-24(5,12-18)16-25/h7-10,17-18,21H,6,11-16H2,1-5H3,(H,26,27)/t18?,21-,23-,24-,25?/m1/s1. The maximum Gasteiger partial charge on any atom is 0.226 e. The molecule has 0 saturated heterocycles. The van der Waals surface area contributed by atoms with Gasteiger partial charge in [-0.05, 0) is 78.7 Å². The highest BCUT2D eigenvalue weighted by molar-refractivity contribution is 5.83. The van der Waals surface area contributed by atoms with Crippen LogP contribution < -0.4 is 5.32 Å². The third-order valence-corrected chi connectivity index (χ3v) is 7.83. The summed E-state index contributed by atoms with van der Waals surface area (Å²) in [5.41, 5.74) is 3.26. The molecule has 0 aliphatic heterocycles. The summed E-state index contributed by atoms with van der Waals surface area (Å²) in [6.07, 6.45) is 8.26. The molecule has 4 aliphatic rings. The fraction of sp³-hybridized carbons (Fsp3) is 0.720. The van der Waals surface area contributed by atoms with E-state index in [1.165, 1.54) is 30.4 Å². The van der Waals surface area contributed by atoms with Crippen molar-refractivity contribution in [3.8, 4) is 0 Å². The first-order valence-electron chi connectivity index (χ1n) is 11.1. The zero-order valence-electron chi connectivity index (χ0n) is 17.9. The molecule has 3 atom stereocenters. The van der Waals surface area contributed by atoms with Crippen molar-refractivity contribution in [3.05, 3.63) is 35.4 Å². The van der Waals surface area contributed by atoms with Gasteiger partial charge in [-0.15, -0.1) is 0 Å². The zero-order valence-corrected chi connectivity index (χ0v) is 17.9. The van der Waals surface area contributed by atoms with E-state index in [0.29, 0.717) is 22.7 Å². The van der Waals surface area contributed by atoms with Gasteiger partial charge >= 0.3 is 0 Å². The van der Waals surface area contributed by atoms with Crippen LogP contribution in [0, 0.1) is 22.2 Å². The number of hydrogen-bond acceptors (Lipinski definition) is 1. The average molecular weight is 368 g/mol. The number of amides is 1. The lowest BCUT2D eigenvalue weighted by atomic mass is 9.40. The molecular formula is C25H37NO. The van der Waals surface area contributed by atoms with Crippen LogP contribution in [0.15, 0.2) is 24.3 Å². The molecule has 5 rings (SSSR count). The molecule has 1 N–H and O–H groups in total. The number of carbonyl (C=O) groups is 1. The molecule has 1 amide bonds. The number of hydrogen-bond donors (Lipinski definition) is 1. The van der Waals surface area contributed by atoms with Gasteiger partial charge in [0, 0.05) is 0 Å². The minimum Gasteiger partial charge on any atom is -0.349 e. The monoisotopic (exact) mass is 367 g/mol. The summed E-state index contributed by atoms with van der Waals surface area (Å²) in [5, 5.41) is 3.48. The second kappa shape index (κ2) is 6.36. The SMILES string of the molecule is CC[C@@H](NC(=O)C12CC3C[C@@](C)(C1)C[C@@](C)(C3)C2)c1ccc(C(C)C)cc1. The summed E-state index contributed by atoms with van der Waals surface area (Å²) in [7, 11) is 0. The number of benzene rings is 1. The Morgan fingerprint density at radius 3 is 2.04 bits per heavy atom. The summed E-state index contributed by atoms with van der Waals surface area (Å²) in [5.74, 6) is 1.64. The predicted octanol–water partition coefficient (Wildman–Crippen LogP) is 6.37. The average Bonchev–Trinajstić information content (AvgIpc) is 2.56. The highest BCUT2D eigenvalue weighted by Crippen LogP contribution is 2.69. The lowest BCUT2D eigenvalue weighted by Gasteiger charge is -2.64. The van der Waals surface area contributed by atoms with E-state index in [9.17, 15) is 4.79 Å². The van der Waals surface area contributed by atoms with E-state index in [4.69, 9.17) is 0 Å². The second-order valence-electron chi connectivity index (χ2n) is 11.2. The molecule has 2 nitrogen and oxygen atoms in total. The van der Waals surface area contributed by atoms with Gasteiger partial charge in [-0.1, -0.05) is 58.9 Å². The van der Waals surface area contributed by atoms with E-state index in [1.807, 2.05) is 0 Å². The van der Waals surface area contributed by atoms with Gasteiger partial charge in [0.15, 0.2) is 0 Å². The molecule has 4 fully saturated rings. The van der Waals surface area contributed by atoms with E-state index in [0.717, 1.165) is 31.6 Å². The molecule has 2 heteroatoms. The molecule has 4 bridgehead atoms. The Hall–Kier alpha value is -1.31. The van der Waals surface area contributed by atoms with Gasteiger partial charge < -0.3 is 5.32 Å². The van der Waals surface area contributed by atoms with Crippen LogP contribution in [0.4, 0.5) is 0 Å². The minimum absolute atomic E-state index is 0.117. The van der Waals surface area contributed by atoms with Crippen molar-refractivity contribution in [2.45, 2.75) is 91.5 Å². The number of carbonyl (C=O) groups excluding carboxylic acids is 1. The molecule has 1 aromatic carbocycles. The van der Waals surface area contributed by atoms with E-state index >= 15 is 0 Å². The van der Waals surface area contributed by atoms with Crippen LogP contribution >= 0.6 is 0 Å². The molecular weight excluding hydrogens is 330 g/mol. The third kappa shape index (κ3) is 3.34. The maximum atomic E-state index is 13.6. The summed E-state index contributed by atoms with van der Waals surface area (Å²) in [6.45, 7) is 11.5. The van der Waals surface area contributed by atoms with Gasteiger partial charge in [-0.2, -0.15) is 0 Å². The highest BCUT2D eigenvalue weighted by Gasteiger charge is 2.62. The first kappa shape index (κ1) is 19.0. The van der Waals surface area contributed by atoms with E-state index in [2.05, 4.69) is 64.2 Å². The second-order valence-corrected chi connectivity index (χ2v) is 11.2. The van der Waals surface area contributed by atoms with Crippen LogP contribution in [0.2, 0.25) is 0 Å². The zero-order chi connectivity index (χ0) is 19.4. The van der Waals surface area contributed by atoms with Crippen molar-refractivity contribution >= 4 is 5.91 Å². The summed E-state index contributed by atoms with van der Waals surface area (Å²) < 4.78 is 0. The first-order valence-corrected chi connectivity index (χ1v) is 11.1. The van der Waals surface area contributed by atoms with E-state index in [1.54, 1.807) is 0 Å². The van der Waals surface area contributed by atoms with Gasteiger partial charge in [0.1, 0.15) is 0 Å². The Kier molecular flexibility index (Phi) is 4.48. The van der Waals surface area contributed by atoms with Crippen LogP contribution in [0.5, 0.6) is 0 Å².